The normalized spacial score (nSPS) is 11.7. The second-order valence-corrected chi connectivity index (χ2v) is 6.82. The van der Waals surface area contributed by atoms with Crippen molar-refractivity contribution in [2.45, 2.75) is 38.8 Å². The predicted molar refractivity (Wildman–Crippen MR) is 105 cm³/mol. The Morgan fingerprint density at radius 3 is 2.52 bits per heavy atom. The first-order valence-electron chi connectivity index (χ1n) is 8.75. The molecule has 0 fully saturated rings. The van der Waals surface area contributed by atoms with E-state index in [4.69, 9.17) is 21.1 Å². The van der Waals surface area contributed by atoms with Gasteiger partial charge in [-0.15, -0.1) is 0 Å². The summed E-state index contributed by atoms with van der Waals surface area (Å²) < 4.78 is 10.4. The first-order valence-corrected chi connectivity index (χ1v) is 9.13. The van der Waals surface area contributed by atoms with Gasteiger partial charge in [0.25, 0.3) is 0 Å². The van der Waals surface area contributed by atoms with Crippen molar-refractivity contribution >= 4 is 23.5 Å². The summed E-state index contributed by atoms with van der Waals surface area (Å²) in [4.78, 5) is 24.7. The zero-order valence-electron chi connectivity index (χ0n) is 15.7. The van der Waals surface area contributed by atoms with Crippen LogP contribution in [0.25, 0.3) is 0 Å². The van der Waals surface area contributed by atoms with Gasteiger partial charge in [0.05, 0.1) is 32.1 Å². The van der Waals surface area contributed by atoms with Gasteiger partial charge in [-0.1, -0.05) is 41.9 Å². The molecule has 1 N–H and O–H groups in total. The fourth-order valence-corrected chi connectivity index (χ4v) is 2.95. The summed E-state index contributed by atoms with van der Waals surface area (Å²) in [6, 6.07) is 13.9. The van der Waals surface area contributed by atoms with E-state index in [0.29, 0.717) is 16.3 Å². The van der Waals surface area contributed by atoms with Crippen molar-refractivity contribution in [1.29, 1.82) is 0 Å². The van der Waals surface area contributed by atoms with E-state index < -0.39 is 12.0 Å². The molecule has 0 aliphatic heterocycles. The van der Waals surface area contributed by atoms with E-state index in [1.807, 2.05) is 24.3 Å². The third kappa shape index (κ3) is 6.61. The highest BCUT2D eigenvalue weighted by Gasteiger charge is 2.22. The highest BCUT2D eigenvalue weighted by Crippen LogP contribution is 2.26. The van der Waals surface area contributed by atoms with Crippen molar-refractivity contribution in [3.63, 3.8) is 0 Å². The Bertz CT molecular complexity index is 791. The highest BCUT2D eigenvalue weighted by atomic mass is 35.5. The molecule has 0 bridgehead atoms. The maximum Gasteiger partial charge on any atom is 0.308 e. The molecular weight excluding hydrogens is 366 g/mol. The van der Waals surface area contributed by atoms with Gasteiger partial charge in [0, 0.05) is 5.02 Å². The number of rotatable bonds is 8. The third-order valence-electron chi connectivity index (χ3n) is 3.85. The number of methoxy groups -OCH3 is 1. The molecule has 0 aliphatic carbocycles. The Morgan fingerprint density at radius 2 is 1.85 bits per heavy atom. The van der Waals surface area contributed by atoms with E-state index in [0.717, 1.165) is 5.56 Å². The molecule has 0 aliphatic rings. The van der Waals surface area contributed by atoms with Gasteiger partial charge in [-0.3, -0.25) is 9.59 Å². The van der Waals surface area contributed by atoms with Gasteiger partial charge in [-0.2, -0.15) is 0 Å². The topological polar surface area (TPSA) is 64.6 Å². The number of halogens is 1. The molecule has 2 rings (SSSR count). The number of amides is 1. The molecule has 5 nitrogen and oxygen atoms in total. The summed E-state index contributed by atoms with van der Waals surface area (Å²) in [5, 5.41) is 3.39. The van der Waals surface area contributed by atoms with Crippen LogP contribution in [-0.2, 0) is 20.7 Å². The Balaban J connectivity index is 2.14. The highest BCUT2D eigenvalue weighted by molar-refractivity contribution is 6.31. The van der Waals surface area contributed by atoms with Crippen LogP contribution < -0.4 is 10.1 Å². The summed E-state index contributed by atoms with van der Waals surface area (Å²) >= 11 is 6.27. The van der Waals surface area contributed by atoms with Gasteiger partial charge >= 0.3 is 5.97 Å². The molecule has 2 aromatic carbocycles. The molecule has 0 radical (unpaired) electrons. The standard InChI is InChI=1S/C21H24ClNO4/c1-14(2)27-21(25)13-19(17-9-4-5-10-18(17)22)23-20(24)12-15-7-6-8-16(11-15)26-3/h4-11,14,19H,12-13H2,1-3H3,(H,23,24). The van der Waals surface area contributed by atoms with E-state index in [1.165, 1.54) is 0 Å². The van der Waals surface area contributed by atoms with Crippen LogP contribution in [0.3, 0.4) is 0 Å². The fraction of sp³-hybridized carbons (Fsp3) is 0.333. The Kier molecular flexibility index (Phi) is 7.67. The van der Waals surface area contributed by atoms with E-state index in [1.54, 1.807) is 45.2 Å². The van der Waals surface area contributed by atoms with Crippen molar-refractivity contribution in [2.24, 2.45) is 0 Å². The van der Waals surface area contributed by atoms with Crippen LogP contribution in [-0.4, -0.2) is 25.1 Å². The van der Waals surface area contributed by atoms with E-state index in [-0.39, 0.29) is 24.9 Å². The van der Waals surface area contributed by atoms with Crippen LogP contribution in [0.2, 0.25) is 5.02 Å². The van der Waals surface area contributed by atoms with Crippen LogP contribution in [0.4, 0.5) is 0 Å². The number of benzene rings is 2. The maximum absolute atomic E-state index is 12.6. The van der Waals surface area contributed by atoms with Gasteiger partial charge < -0.3 is 14.8 Å². The van der Waals surface area contributed by atoms with Crippen molar-refractivity contribution < 1.29 is 19.1 Å². The number of ether oxygens (including phenoxy) is 2. The second-order valence-electron chi connectivity index (χ2n) is 6.41. The van der Waals surface area contributed by atoms with E-state index in [2.05, 4.69) is 5.32 Å². The van der Waals surface area contributed by atoms with Gasteiger partial charge in [-0.05, 0) is 43.2 Å². The second kappa shape index (κ2) is 9.97. The largest absolute Gasteiger partial charge is 0.497 e. The minimum Gasteiger partial charge on any atom is -0.497 e. The lowest BCUT2D eigenvalue weighted by atomic mass is 10.0. The maximum atomic E-state index is 12.6. The monoisotopic (exact) mass is 389 g/mol. The third-order valence-corrected chi connectivity index (χ3v) is 4.20. The van der Waals surface area contributed by atoms with Crippen molar-refractivity contribution in [2.75, 3.05) is 7.11 Å². The average Bonchev–Trinajstić information content (AvgIpc) is 2.61. The lowest BCUT2D eigenvalue weighted by Crippen LogP contribution is -2.32. The first-order chi connectivity index (χ1) is 12.9. The average molecular weight is 390 g/mol. The Hall–Kier alpha value is -2.53. The molecule has 1 unspecified atom stereocenters. The van der Waals surface area contributed by atoms with Crippen molar-refractivity contribution in [3.05, 3.63) is 64.7 Å². The van der Waals surface area contributed by atoms with Gasteiger partial charge in [0.1, 0.15) is 5.75 Å². The Morgan fingerprint density at radius 1 is 1.11 bits per heavy atom. The molecule has 6 heteroatoms. The van der Waals surface area contributed by atoms with Crippen LogP contribution >= 0.6 is 11.6 Å². The minimum atomic E-state index is -0.567. The molecule has 0 saturated heterocycles. The van der Waals surface area contributed by atoms with Crippen molar-refractivity contribution in [1.82, 2.24) is 5.32 Å². The molecule has 0 heterocycles. The molecule has 27 heavy (non-hydrogen) atoms. The fourth-order valence-electron chi connectivity index (χ4n) is 2.69. The van der Waals surface area contributed by atoms with Crippen LogP contribution in [0, 0.1) is 0 Å². The SMILES string of the molecule is COc1cccc(CC(=O)NC(CC(=O)OC(C)C)c2ccccc2Cl)c1. The van der Waals surface area contributed by atoms with Crippen molar-refractivity contribution in [3.8, 4) is 5.75 Å². The molecule has 0 aromatic heterocycles. The lowest BCUT2D eigenvalue weighted by Gasteiger charge is -2.20. The Labute approximate surface area is 164 Å². The minimum absolute atomic E-state index is 0.00572. The lowest BCUT2D eigenvalue weighted by molar-refractivity contribution is -0.148. The molecule has 1 atom stereocenters. The molecule has 144 valence electrons. The number of hydrogen-bond donors (Lipinski definition) is 1. The van der Waals surface area contributed by atoms with Gasteiger partial charge in [0.2, 0.25) is 5.91 Å². The summed E-state index contributed by atoms with van der Waals surface area (Å²) in [5.74, 6) is 0.0746. The van der Waals surface area contributed by atoms with Crippen LogP contribution in [0.5, 0.6) is 5.75 Å². The summed E-state index contributed by atoms with van der Waals surface area (Å²) in [6.45, 7) is 3.56. The molecular formula is C21H24ClNO4. The van der Waals surface area contributed by atoms with Gasteiger partial charge in [-0.25, -0.2) is 0 Å². The quantitative estimate of drug-likeness (QED) is 0.690. The number of nitrogens with one attached hydrogen (secondary N) is 1. The summed E-state index contributed by atoms with van der Waals surface area (Å²) in [7, 11) is 1.58. The molecule has 1 amide bonds. The van der Waals surface area contributed by atoms with Crippen LogP contribution in [0.1, 0.15) is 37.4 Å². The zero-order chi connectivity index (χ0) is 19.8. The summed E-state index contributed by atoms with van der Waals surface area (Å²) in [5.41, 5.74) is 1.49. The van der Waals surface area contributed by atoms with E-state index in [9.17, 15) is 9.59 Å². The summed E-state index contributed by atoms with van der Waals surface area (Å²) in [6.07, 6.45) is -0.0553. The molecule has 0 saturated carbocycles. The number of esters is 1. The van der Waals surface area contributed by atoms with Crippen LogP contribution in [0.15, 0.2) is 48.5 Å². The first kappa shape index (κ1) is 20.8. The predicted octanol–water partition coefficient (Wildman–Crippen LogP) is 4.09. The number of hydrogen-bond acceptors (Lipinski definition) is 4. The smallest absolute Gasteiger partial charge is 0.308 e. The molecule has 2 aromatic rings. The van der Waals surface area contributed by atoms with Gasteiger partial charge in [0.15, 0.2) is 0 Å². The number of carbonyl (C=O) groups excluding carboxylic acids is 2. The van der Waals surface area contributed by atoms with E-state index >= 15 is 0 Å². The number of carbonyl (C=O) groups is 2. The zero-order valence-corrected chi connectivity index (χ0v) is 16.5. The molecule has 0 spiro atoms.